The van der Waals surface area contributed by atoms with E-state index in [0.717, 1.165) is 0 Å². The molecule has 3 heterocycles. The first-order valence-corrected chi connectivity index (χ1v) is 17.2. The molecule has 15 heteroatoms. The van der Waals surface area contributed by atoms with Crippen LogP contribution in [0.15, 0.2) is 0 Å². The molecule has 1 spiro atoms. The molecular formula is C34H47NO14. The molecule has 8 fully saturated rings. The summed E-state index contributed by atoms with van der Waals surface area (Å²) in [6, 6.07) is -1.35. The van der Waals surface area contributed by atoms with Gasteiger partial charge in [0.15, 0.2) is 5.60 Å². The Hall–Kier alpha value is -2.40. The Morgan fingerprint density at radius 2 is 1.47 bits per heavy atom. The lowest BCUT2D eigenvalue weighted by Gasteiger charge is -2.69. The van der Waals surface area contributed by atoms with Gasteiger partial charge < -0.3 is 54.6 Å². The topological polar surface area (TPSA) is 237 Å². The van der Waals surface area contributed by atoms with Crippen LogP contribution in [-0.4, -0.2) is 116 Å². The average molecular weight is 694 g/mol. The summed E-state index contributed by atoms with van der Waals surface area (Å²) in [5.41, 5.74) is -1.70. The van der Waals surface area contributed by atoms with Gasteiger partial charge >= 0.3 is 23.9 Å². The van der Waals surface area contributed by atoms with Crippen LogP contribution in [0.3, 0.4) is 0 Å². The molecule has 6 N–H and O–H groups in total. The van der Waals surface area contributed by atoms with E-state index in [9.17, 15) is 39.6 Å². The molecule has 0 amide bonds. The number of nitrogens with two attached hydrogens (primary N) is 1. The zero-order chi connectivity index (χ0) is 35.9. The predicted octanol–water partition coefficient (Wildman–Crippen LogP) is -1.07. The molecule has 3 saturated heterocycles. The van der Waals surface area contributed by atoms with Crippen LogP contribution in [0.5, 0.6) is 0 Å². The fraction of sp³-hybridized carbons (Fsp3) is 0.882. The SMILES string of the molecule is CC(=O)O[C@H]1[C@@H]2[C@H]([C@H](C)[C@H]3O[C@]34OC(=O)[C@@](C)(O)[C@]24C)[C@]2(C)[C@@H]1C1C([C@H](OC(C)=O)[C@@H]2OC(C)=O)[C@@]2(C)[C@@H](O)[C@H]3O[C@H]3C[C@]2(O)[C@@H](N)[C@@H]1O. The number of aliphatic hydroxyl groups excluding tert-OH is 2. The van der Waals surface area contributed by atoms with Crippen LogP contribution in [0, 0.1) is 51.8 Å². The number of hydrogen-bond acceptors (Lipinski definition) is 15. The minimum Gasteiger partial charge on any atom is -0.462 e. The normalized spacial score (nSPS) is 61.7. The zero-order valence-corrected chi connectivity index (χ0v) is 28.8. The van der Waals surface area contributed by atoms with Crippen LogP contribution in [0.1, 0.15) is 61.8 Å². The minimum atomic E-state index is -2.13. The smallest absolute Gasteiger partial charge is 0.341 e. The molecule has 0 aromatic rings. The monoisotopic (exact) mass is 693 g/mol. The summed E-state index contributed by atoms with van der Waals surface area (Å²) < 4.78 is 36.4. The van der Waals surface area contributed by atoms with E-state index >= 15 is 0 Å². The summed E-state index contributed by atoms with van der Waals surface area (Å²) in [5.74, 6) is -9.74. The van der Waals surface area contributed by atoms with Crippen molar-refractivity contribution >= 4 is 23.9 Å². The number of epoxide rings is 2. The third-order valence-corrected chi connectivity index (χ3v) is 15.2. The van der Waals surface area contributed by atoms with Gasteiger partial charge in [0.2, 0.25) is 5.79 Å². The number of rotatable bonds is 3. The summed E-state index contributed by atoms with van der Waals surface area (Å²) in [4.78, 5) is 52.6. The summed E-state index contributed by atoms with van der Waals surface area (Å²) in [7, 11) is 0. The first kappa shape index (κ1) is 33.7. The van der Waals surface area contributed by atoms with Crippen molar-refractivity contribution in [3.05, 3.63) is 0 Å². The van der Waals surface area contributed by atoms with Gasteiger partial charge in [-0.15, -0.1) is 0 Å². The van der Waals surface area contributed by atoms with Crippen LogP contribution >= 0.6 is 0 Å². The summed E-state index contributed by atoms with van der Waals surface area (Å²) in [5, 5.41) is 49.0. The van der Waals surface area contributed by atoms with Crippen LogP contribution in [-0.2, 0) is 47.6 Å². The molecule has 0 bridgehead atoms. The number of esters is 4. The summed E-state index contributed by atoms with van der Waals surface area (Å²) in [6.45, 7) is 12.0. The van der Waals surface area contributed by atoms with Crippen LogP contribution < -0.4 is 5.73 Å². The highest BCUT2D eigenvalue weighted by Crippen LogP contribution is 2.81. The fourth-order valence-corrected chi connectivity index (χ4v) is 13.1. The van der Waals surface area contributed by atoms with Gasteiger partial charge in [-0.05, 0) is 25.7 Å². The molecule has 2 unspecified atom stereocenters. The maximum Gasteiger partial charge on any atom is 0.341 e. The number of carbonyl (C=O) groups excluding carboxylic acids is 4. The quantitative estimate of drug-likeness (QED) is 0.134. The van der Waals surface area contributed by atoms with Crippen molar-refractivity contribution in [3.63, 3.8) is 0 Å². The molecule has 272 valence electrons. The van der Waals surface area contributed by atoms with E-state index in [2.05, 4.69) is 0 Å². The first-order chi connectivity index (χ1) is 22.6. The Bertz CT molecular complexity index is 1550. The second-order valence-electron chi connectivity index (χ2n) is 17.0. The van der Waals surface area contributed by atoms with E-state index in [0.29, 0.717) is 0 Å². The van der Waals surface area contributed by atoms with Gasteiger partial charge in [-0.25, -0.2) is 4.79 Å². The third kappa shape index (κ3) is 3.49. The van der Waals surface area contributed by atoms with Crippen molar-refractivity contribution in [2.24, 2.45) is 57.5 Å². The van der Waals surface area contributed by atoms with Gasteiger partial charge in [0, 0.05) is 61.7 Å². The molecular weight excluding hydrogens is 646 g/mol. The Morgan fingerprint density at radius 1 is 0.878 bits per heavy atom. The van der Waals surface area contributed by atoms with Gasteiger partial charge in [-0.2, -0.15) is 0 Å². The third-order valence-electron chi connectivity index (χ3n) is 15.2. The molecule has 0 radical (unpaired) electrons. The van der Waals surface area contributed by atoms with Gasteiger partial charge in [0.1, 0.15) is 30.5 Å². The van der Waals surface area contributed by atoms with Crippen molar-refractivity contribution in [3.8, 4) is 0 Å². The molecule has 21 atom stereocenters. The van der Waals surface area contributed by atoms with E-state index in [-0.39, 0.29) is 6.42 Å². The Balaban J connectivity index is 1.42. The maximum absolute atomic E-state index is 13.4. The summed E-state index contributed by atoms with van der Waals surface area (Å²) >= 11 is 0. The maximum atomic E-state index is 13.4. The molecule has 49 heavy (non-hydrogen) atoms. The fourth-order valence-electron chi connectivity index (χ4n) is 13.1. The molecule has 15 nitrogen and oxygen atoms in total. The summed E-state index contributed by atoms with van der Waals surface area (Å²) in [6.07, 6.45) is -8.56. The lowest BCUT2D eigenvalue weighted by molar-refractivity contribution is -0.318. The number of carbonyl (C=O) groups is 4. The zero-order valence-electron chi connectivity index (χ0n) is 28.8. The van der Waals surface area contributed by atoms with E-state index in [1.807, 2.05) is 13.8 Å². The average Bonchev–Trinajstić information content (AvgIpc) is 3.89. The van der Waals surface area contributed by atoms with Gasteiger partial charge in [0.05, 0.1) is 35.4 Å². The highest BCUT2D eigenvalue weighted by Gasteiger charge is 2.93. The van der Waals surface area contributed by atoms with Gasteiger partial charge in [0.25, 0.3) is 0 Å². The van der Waals surface area contributed by atoms with Crippen LogP contribution in [0.25, 0.3) is 0 Å². The molecule has 8 rings (SSSR count). The lowest BCUT2D eigenvalue weighted by Crippen LogP contribution is -2.82. The molecule has 0 aromatic heterocycles. The number of ether oxygens (including phenoxy) is 6. The van der Waals surface area contributed by atoms with E-state index in [4.69, 9.17) is 34.2 Å². The second kappa shape index (κ2) is 9.52. The van der Waals surface area contributed by atoms with E-state index in [1.165, 1.54) is 27.7 Å². The van der Waals surface area contributed by atoms with Crippen molar-refractivity contribution in [2.75, 3.05) is 0 Å². The minimum absolute atomic E-state index is 0.0166. The largest absolute Gasteiger partial charge is 0.462 e. The van der Waals surface area contributed by atoms with Crippen LogP contribution in [0.4, 0.5) is 0 Å². The van der Waals surface area contributed by atoms with E-state index < -0.39 is 147 Å². The van der Waals surface area contributed by atoms with Crippen molar-refractivity contribution < 1.29 is 68.0 Å². The van der Waals surface area contributed by atoms with Crippen molar-refractivity contribution in [1.29, 1.82) is 0 Å². The Kier molecular flexibility index (Phi) is 6.55. The second-order valence-corrected chi connectivity index (χ2v) is 17.0. The van der Waals surface area contributed by atoms with Crippen LogP contribution in [0.2, 0.25) is 0 Å². The first-order valence-electron chi connectivity index (χ1n) is 17.2. The predicted molar refractivity (Wildman–Crippen MR) is 160 cm³/mol. The highest BCUT2D eigenvalue weighted by atomic mass is 16.8. The van der Waals surface area contributed by atoms with E-state index in [1.54, 1.807) is 13.8 Å². The van der Waals surface area contributed by atoms with Gasteiger partial charge in [-0.1, -0.05) is 20.8 Å². The molecule has 8 aliphatic rings. The van der Waals surface area contributed by atoms with Crippen molar-refractivity contribution in [2.45, 2.75) is 134 Å². The Labute approximate surface area is 283 Å². The Morgan fingerprint density at radius 3 is 2.06 bits per heavy atom. The molecule has 5 aliphatic carbocycles. The number of hydrogen-bond donors (Lipinski definition) is 5. The standard InChI is InChI=1S/C34H47NO14/c1-10-16-19(31(7)32(8,42)28(41)49-34(31)26(10)48-34)22(44-11(2)36)17-15-18(23(45-12(3)37)27(29(16,17)5)46-13(4)38)30(6)25(40)21-14(47-21)9-33(30,43)24(35)20(15)39/h10,14-27,39-40,42-43H,9,35H2,1-8H3/t10-,14-,15?,16-,17+,18?,19-,20+,21-,22+,23-,24-,25-,26+,27-,29+,30-,31-,32+,33-,34-/m0/s1. The van der Waals surface area contributed by atoms with Crippen molar-refractivity contribution in [1.82, 2.24) is 0 Å². The number of aliphatic hydroxyl groups is 4. The highest BCUT2D eigenvalue weighted by molar-refractivity contribution is 5.84. The number of fused-ring (bicyclic) bond motifs is 9. The molecule has 3 aliphatic heterocycles. The lowest BCUT2D eigenvalue weighted by atomic mass is 9.39. The molecule has 5 saturated carbocycles. The molecule has 0 aromatic carbocycles. The van der Waals surface area contributed by atoms with Gasteiger partial charge in [-0.3, -0.25) is 14.4 Å².